The number of carbonyl (C=O) groups excluding carboxylic acids is 1. The lowest BCUT2D eigenvalue weighted by molar-refractivity contribution is 0.102. The molecule has 0 bridgehead atoms. The van der Waals surface area contributed by atoms with E-state index in [1.807, 2.05) is 12.1 Å². The standard InChI is InChI=1S/C22H23N3O3S/c1-16-10-11-17(15-21(16)29(27,28)25-13-3-2-4-14-25)24-22(26)19-7-5-9-20-18(19)8-6-12-23-20/h5-12,15H,2-4,13-14H2,1H3,(H,24,26). The van der Waals surface area contributed by atoms with Crippen molar-refractivity contribution >= 4 is 32.5 Å². The predicted molar refractivity (Wildman–Crippen MR) is 113 cm³/mol. The zero-order valence-corrected chi connectivity index (χ0v) is 17.1. The van der Waals surface area contributed by atoms with Crippen molar-refractivity contribution in [2.75, 3.05) is 18.4 Å². The molecule has 1 N–H and O–H groups in total. The molecule has 1 aliphatic heterocycles. The van der Waals surface area contributed by atoms with Gasteiger partial charge in [0.25, 0.3) is 5.91 Å². The number of piperidine rings is 1. The van der Waals surface area contributed by atoms with Crippen LogP contribution in [0.5, 0.6) is 0 Å². The van der Waals surface area contributed by atoms with E-state index >= 15 is 0 Å². The Morgan fingerprint density at radius 2 is 1.83 bits per heavy atom. The van der Waals surface area contributed by atoms with Crippen molar-refractivity contribution in [3.8, 4) is 0 Å². The monoisotopic (exact) mass is 409 g/mol. The van der Waals surface area contributed by atoms with Crippen molar-refractivity contribution in [3.63, 3.8) is 0 Å². The average Bonchev–Trinajstić information content (AvgIpc) is 2.75. The zero-order valence-electron chi connectivity index (χ0n) is 16.3. The third kappa shape index (κ3) is 3.88. The normalized spacial score (nSPS) is 15.3. The molecule has 0 spiro atoms. The maximum Gasteiger partial charge on any atom is 0.256 e. The minimum atomic E-state index is -3.58. The van der Waals surface area contributed by atoms with Gasteiger partial charge in [-0.2, -0.15) is 4.31 Å². The molecular weight excluding hydrogens is 386 g/mol. The number of nitrogens with one attached hydrogen (secondary N) is 1. The number of hydrogen-bond donors (Lipinski definition) is 1. The highest BCUT2D eigenvalue weighted by atomic mass is 32.2. The average molecular weight is 410 g/mol. The number of sulfonamides is 1. The van der Waals surface area contributed by atoms with E-state index in [4.69, 9.17) is 0 Å². The number of fused-ring (bicyclic) bond motifs is 1. The molecule has 1 aromatic heterocycles. The fourth-order valence-electron chi connectivity index (χ4n) is 3.70. The van der Waals surface area contributed by atoms with E-state index in [0.29, 0.717) is 29.9 Å². The van der Waals surface area contributed by atoms with Crippen molar-refractivity contribution < 1.29 is 13.2 Å². The SMILES string of the molecule is Cc1ccc(NC(=O)c2cccc3ncccc23)cc1S(=O)(=O)N1CCCCC1. The number of amides is 1. The van der Waals surface area contributed by atoms with Gasteiger partial charge in [-0.15, -0.1) is 0 Å². The molecule has 7 heteroatoms. The number of hydrogen-bond acceptors (Lipinski definition) is 4. The molecule has 0 aliphatic carbocycles. The van der Waals surface area contributed by atoms with Crippen LogP contribution in [0.25, 0.3) is 10.9 Å². The molecule has 0 unspecified atom stereocenters. The summed E-state index contributed by atoms with van der Waals surface area (Å²) in [5.74, 6) is -0.297. The van der Waals surface area contributed by atoms with Crippen LogP contribution in [-0.4, -0.2) is 36.7 Å². The summed E-state index contributed by atoms with van der Waals surface area (Å²) in [5, 5.41) is 3.59. The molecule has 1 aliphatic rings. The van der Waals surface area contributed by atoms with E-state index in [1.54, 1.807) is 53.8 Å². The van der Waals surface area contributed by atoms with Crippen LogP contribution in [0.15, 0.2) is 59.6 Å². The number of nitrogens with zero attached hydrogens (tertiary/aromatic N) is 2. The van der Waals surface area contributed by atoms with Gasteiger partial charge < -0.3 is 5.32 Å². The van der Waals surface area contributed by atoms with Gasteiger partial charge in [-0.25, -0.2) is 8.42 Å². The molecule has 0 radical (unpaired) electrons. The number of carbonyl (C=O) groups is 1. The van der Waals surface area contributed by atoms with Gasteiger partial charge in [0.05, 0.1) is 10.4 Å². The lowest BCUT2D eigenvalue weighted by Gasteiger charge is -2.26. The molecule has 2 aromatic carbocycles. The maximum atomic E-state index is 13.1. The Balaban J connectivity index is 1.64. The maximum absolute atomic E-state index is 13.1. The molecule has 0 saturated carbocycles. The Hall–Kier alpha value is -2.77. The molecule has 150 valence electrons. The Morgan fingerprint density at radius 1 is 1.03 bits per heavy atom. The molecular formula is C22H23N3O3S. The highest BCUT2D eigenvalue weighted by Gasteiger charge is 2.27. The second-order valence-electron chi connectivity index (χ2n) is 7.27. The topological polar surface area (TPSA) is 79.4 Å². The van der Waals surface area contributed by atoms with Crippen LogP contribution in [0.3, 0.4) is 0 Å². The van der Waals surface area contributed by atoms with E-state index in [2.05, 4.69) is 10.3 Å². The van der Waals surface area contributed by atoms with Crippen molar-refractivity contribution in [2.45, 2.75) is 31.1 Å². The molecule has 1 amide bonds. The predicted octanol–water partition coefficient (Wildman–Crippen LogP) is 3.97. The summed E-state index contributed by atoms with van der Waals surface area (Å²) < 4.78 is 27.7. The number of aryl methyl sites for hydroxylation is 1. The fourth-order valence-corrected chi connectivity index (χ4v) is 5.47. The van der Waals surface area contributed by atoms with Gasteiger partial charge in [-0.1, -0.05) is 24.6 Å². The third-order valence-corrected chi connectivity index (χ3v) is 7.31. The van der Waals surface area contributed by atoms with Crippen LogP contribution in [-0.2, 0) is 10.0 Å². The van der Waals surface area contributed by atoms with Crippen molar-refractivity contribution in [1.82, 2.24) is 9.29 Å². The molecule has 2 heterocycles. The van der Waals surface area contributed by atoms with Gasteiger partial charge in [0.1, 0.15) is 0 Å². The van der Waals surface area contributed by atoms with Crippen molar-refractivity contribution in [1.29, 1.82) is 0 Å². The molecule has 3 aromatic rings. The molecule has 0 atom stereocenters. The largest absolute Gasteiger partial charge is 0.322 e. The summed E-state index contributed by atoms with van der Waals surface area (Å²) in [6.07, 6.45) is 4.50. The minimum absolute atomic E-state index is 0.247. The van der Waals surface area contributed by atoms with Crippen LogP contribution in [0.2, 0.25) is 0 Å². The summed E-state index contributed by atoms with van der Waals surface area (Å²) in [6.45, 7) is 2.86. The van der Waals surface area contributed by atoms with Gasteiger partial charge >= 0.3 is 0 Å². The van der Waals surface area contributed by atoms with E-state index in [9.17, 15) is 13.2 Å². The smallest absolute Gasteiger partial charge is 0.256 e. The Bertz CT molecular complexity index is 1160. The van der Waals surface area contributed by atoms with Gasteiger partial charge in [0, 0.05) is 35.9 Å². The third-order valence-electron chi connectivity index (χ3n) is 5.27. The van der Waals surface area contributed by atoms with E-state index in [-0.39, 0.29) is 10.8 Å². The Kier molecular flexibility index (Phi) is 5.34. The van der Waals surface area contributed by atoms with Crippen LogP contribution < -0.4 is 5.32 Å². The minimum Gasteiger partial charge on any atom is -0.322 e. The van der Waals surface area contributed by atoms with Crippen molar-refractivity contribution in [2.24, 2.45) is 0 Å². The first-order valence-electron chi connectivity index (χ1n) is 9.73. The molecule has 1 fully saturated rings. The number of pyridine rings is 1. The highest BCUT2D eigenvalue weighted by Crippen LogP contribution is 2.26. The second-order valence-corrected chi connectivity index (χ2v) is 9.18. The van der Waals surface area contributed by atoms with Gasteiger partial charge in [0.15, 0.2) is 0 Å². The number of anilines is 1. The number of rotatable bonds is 4. The van der Waals surface area contributed by atoms with E-state index < -0.39 is 10.0 Å². The van der Waals surface area contributed by atoms with Gasteiger partial charge in [-0.05, 0) is 55.7 Å². The van der Waals surface area contributed by atoms with Crippen LogP contribution in [0.4, 0.5) is 5.69 Å². The first-order valence-corrected chi connectivity index (χ1v) is 11.2. The summed E-state index contributed by atoms with van der Waals surface area (Å²) in [5.41, 5.74) is 2.36. The highest BCUT2D eigenvalue weighted by molar-refractivity contribution is 7.89. The summed E-state index contributed by atoms with van der Waals surface area (Å²) in [6, 6.07) is 14.0. The lowest BCUT2D eigenvalue weighted by atomic mass is 10.1. The summed E-state index contributed by atoms with van der Waals surface area (Å²) in [4.78, 5) is 17.4. The van der Waals surface area contributed by atoms with Crippen LogP contribution >= 0.6 is 0 Å². The van der Waals surface area contributed by atoms with E-state index in [1.165, 1.54) is 0 Å². The lowest BCUT2D eigenvalue weighted by Crippen LogP contribution is -2.36. The van der Waals surface area contributed by atoms with Crippen LogP contribution in [0.1, 0.15) is 35.2 Å². The van der Waals surface area contributed by atoms with E-state index in [0.717, 1.165) is 30.2 Å². The second kappa shape index (κ2) is 7.93. The molecule has 1 saturated heterocycles. The summed E-state index contributed by atoms with van der Waals surface area (Å²) in [7, 11) is -3.58. The summed E-state index contributed by atoms with van der Waals surface area (Å²) >= 11 is 0. The fraction of sp³-hybridized carbons (Fsp3) is 0.273. The van der Waals surface area contributed by atoms with Crippen LogP contribution in [0, 0.1) is 6.92 Å². The van der Waals surface area contributed by atoms with Crippen molar-refractivity contribution in [3.05, 3.63) is 65.9 Å². The van der Waals surface area contributed by atoms with Gasteiger partial charge in [0.2, 0.25) is 10.0 Å². The van der Waals surface area contributed by atoms with Gasteiger partial charge in [-0.3, -0.25) is 9.78 Å². The number of benzene rings is 2. The zero-order chi connectivity index (χ0) is 20.4. The molecule has 29 heavy (non-hydrogen) atoms. The number of aromatic nitrogens is 1. The Morgan fingerprint density at radius 3 is 2.62 bits per heavy atom. The first-order chi connectivity index (χ1) is 14.0. The Labute approximate surface area is 170 Å². The molecule has 6 nitrogen and oxygen atoms in total. The first kappa shape index (κ1) is 19.5. The quantitative estimate of drug-likeness (QED) is 0.707. The molecule has 4 rings (SSSR count).